The zero-order valence-corrected chi connectivity index (χ0v) is 21.1. The molecule has 4 atom stereocenters. The van der Waals surface area contributed by atoms with E-state index in [4.69, 9.17) is 23.2 Å². The van der Waals surface area contributed by atoms with Gasteiger partial charge >= 0.3 is 0 Å². The van der Waals surface area contributed by atoms with Crippen molar-refractivity contribution in [1.29, 1.82) is 0 Å². The predicted molar refractivity (Wildman–Crippen MR) is 142 cm³/mol. The number of aryl methyl sites for hydroxylation is 1. The molecular formula is C29H22Cl2N2O3. The first-order chi connectivity index (χ1) is 17.2. The van der Waals surface area contributed by atoms with Crippen molar-refractivity contribution in [2.45, 2.75) is 31.3 Å². The van der Waals surface area contributed by atoms with E-state index in [0.717, 1.165) is 16.8 Å². The average molecular weight is 517 g/mol. The topological polar surface area (TPSA) is 66.5 Å². The molecule has 180 valence electrons. The lowest BCUT2D eigenvalue weighted by Gasteiger charge is -2.37. The number of carbonyl (C=O) groups excluding carboxylic acids is 3. The van der Waals surface area contributed by atoms with Crippen molar-refractivity contribution in [2.24, 2.45) is 5.92 Å². The molecule has 1 saturated heterocycles. The summed E-state index contributed by atoms with van der Waals surface area (Å²) in [6.45, 7) is 3.49. The number of fused-ring (bicyclic) bond motifs is 6. The predicted octanol–water partition coefficient (Wildman–Crippen LogP) is 5.86. The van der Waals surface area contributed by atoms with Crippen LogP contribution >= 0.6 is 23.2 Å². The van der Waals surface area contributed by atoms with Gasteiger partial charge in [-0.05, 0) is 61.4 Å². The van der Waals surface area contributed by atoms with Gasteiger partial charge in [0, 0.05) is 22.0 Å². The van der Waals surface area contributed by atoms with Crippen LogP contribution in [0.15, 0.2) is 66.7 Å². The second-order valence-corrected chi connectivity index (χ2v) is 10.5. The van der Waals surface area contributed by atoms with Gasteiger partial charge in [-0.25, -0.2) is 0 Å². The van der Waals surface area contributed by atoms with Crippen LogP contribution in [0.25, 0.3) is 6.08 Å². The second-order valence-electron chi connectivity index (χ2n) is 9.66. The number of para-hydroxylation sites is 1. The normalized spacial score (nSPS) is 25.4. The molecule has 3 aliphatic heterocycles. The summed E-state index contributed by atoms with van der Waals surface area (Å²) in [7, 11) is 0. The molecule has 0 radical (unpaired) electrons. The first-order valence-corrected chi connectivity index (χ1v) is 12.5. The highest BCUT2D eigenvalue weighted by Gasteiger charge is 2.69. The summed E-state index contributed by atoms with van der Waals surface area (Å²) in [5.74, 6) is -1.87. The van der Waals surface area contributed by atoms with Crippen molar-refractivity contribution >= 4 is 58.1 Å². The molecular weight excluding hydrogens is 495 g/mol. The Balaban J connectivity index is 1.66. The van der Waals surface area contributed by atoms with Gasteiger partial charge in [0.15, 0.2) is 11.6 Å². The van der Waals surface area contributed by atoms with E-state index in [-0.39, 0.29) is 28.1 Å². The summed E-state index contributed by atoms with van der Waals surface area (Å²) in [5, 5.41) is 3.58. The first-order valence-electron chi connectivity index (χ1n) is 11.7. The number of rotatable bonds is 3. The molecule has 0 saturated carbocycles. The molecule has 0 bridgehead atoms. The fourth-order valence-corrected chi connectivity index (χ4v) is 6.81. The fraction of sp³-hybridized carbons (Fsp3) is 0.207. The lowest BCUT2D eigenvalue weighted by Crippen LogP contribution is -2.51. The first kappa shape index (κ1) is 23.0. The number of carbonyl (C=O) groups is 3. The van der Waals surface area contributed by atoms with Crippen LogP contribution < -0.4 is 10.2 Å². The van der Waals surface area contributed by atoms with E-state index < -0.39 is 23.4 Å². The largest absolute Gasteiger partial charge is 0.352 e. The Hall–Kier alpha value is -3.41. The van der Waals surface area contributed by atoms with E-state index in [1.807, 2.05) is 66.4 Å². The van der Waals surface area contributed by atoms with Crippen LogP contribution in [0.5, 0.6) is 0 Å². The van der Waals surface area contributed by atoms with Crippen LogP contribution in [0.4, 0.5) is 11.4 Å². The van der Waals surface area contributed by atoms with Crippen molar-refractivity contribution in [2.75, 3.05) is 10.2 Å². The number of nitrogens with one attached hydrogen (secondary N) is 1. The lowest BCUT2D eigenvalue weighted by molar-refractivity contribution is -0.122. The highest BCUT2D eigenvalue weighted by Crippen LogP contribution is 2.58. The van der Waals surface area contributed by atoms with Crippen molar-refractivity contribution < 1.29 is 14.4 Å². The summed E-state index contributed by atoms with van der Waals surface area (Å²) < 4.78 is 0. The maximum atomic E-state index is 14.4. The Labute approximate surface area is 218 Å². The standard InChI is InChI=1S/C29H22Cl2N2O3/c1-15-7-11-23-17(13-15)8-12-24-29(20-5-3-4-6-22(20)32-28(29)36)25(26(16(2)34)33(23)24)27(35)19-10-9-18(30)14-21(19)31/h3-14,24-26H,1-2H3,(H,32,36)/t24-,25-,26-,29-/m1/s1. The van der Waals surface area contributed by atoms with Gasteiger partial charge in [-0.3, -0.25) is 14.4 Å². The highest BCUT2D eigenvalue weighted by atomic mass is 35.5. The van der Waals surface area contributed by atoms with Crippen molar-refractivity contribution in [3.05, 3.63) is 99.0 Å². The summed E-state index contributed by atoms with van der Waals surface area (Å²) in [6, 6.07) is 16.6. The number of anilines is 2. The van der Waals surface area contributed by atoms with Crippen LogP contribution in [0.1, 0.15) is 34.0 Å². The van der Waals surface area contributed by atoms with Gasteiger partial charge in [0.05, 0.1) is 23.0 Å². The van der Waals surface area contributed by atoms with E-state index in [1.165, 1.54) is 13.0 Å². The van der Waals surface area contributed by atoms with Crippen LogP contribution in [-0.2, 0) is 15.0 Å². The van der Waals surface area contributed by atoms with Crippen LogP contribution in [0.3, 0.4) is 0 Å². The fourth-order valence-electron chi connectivity index (χ4n) is 6.31. The Morgan fingerprint density at radius 2 is 1.81 bits per heavy atom. The Morgan fingerprint density at radius 1 is 1.03 bits per heavy atom. The van der Waals surface area contributed by atoms with Gasteiger partial charge in [0.25, 0.3) is 0 Å². The monoisotopic (exact) mass is 516 g/mol. The van der Waals surface area contributed by atoms with Gasteiger partial charge in [-0.2, -0.15) is 0 Å². The number of amides is 1. The molecule has 0 unspecified atom stereocenters. The minimum atomic E-state index is -1.33. The molecule has 0 aromatic heterocycles. The average Bonchev–Trinajstić information content (AvgIpc) is 3.31. The zero-order chi connectivity index (χ0) is 25.4. The van der Waals surface area contributed by atoms with Crippen molar-refractivity contribution in [3.63, 3.8) is 0 Å². The number of Topliss-reactive ketones (excluding diaryl/α,β-unsaturated/α-hetero) is 2. The van der Waals surface area contributed by atoms with E-state index >= 15 is 0 Å². The molecule has 1 fully saturated rings. The number of hydrogen-bond acceptors (Lipinski definition) is 4. The highest BCUT2D eigenvalue weighted by molar-refractivity contribution is 6.37. The Morgan fingerprint density at radius 3 is 2.56 bits per heavy atom. The lowest BCUT2D eigenvalue weighted by atomic mass is 9.64. The molecule has 3 aromatic carbocycles. The molecule has 6 rings (SSSR count). The smallest absolute Gasteiger partial charge is 0.238 e. The van der Waals surface area contributed by atoms with Gasteiger partial charge < -0.3 is 10.2 Å². The van der Waals surface area contributed by atoms with E-state index in [2.05, 4.69) is 5.32 Å². The number of halogens is 2. The van der Waals surface area contributed by atoms with E-state index in [9.17, 15) is 14.4 Å². The molecule has 3 aliphatic rings. The van der Waals surface area contributed by atoms with Crippen LogP contribution in [0, 0.1) is 12.8 Å². The van der Waals surface area contributed by atoms with E-state index in [1.54, 1.807) is 12.1 Å². The van der Waals surface area contributed by atoms with E-state index in [0.29, 0.717) is 16.3 Å². The number of hydrogen-bond donors (Lipinski definition) is 1. The van der Waals surface area contributed by atoms with Crippen molar-refractivity contribution in [1.82, 2.24) is 0 Å². The molecule has 1 spiro atoms. The Kier molecular flexibility index (Phi) is 5.15. The summed E-state index contributed by atoms with van der Waals surface area (Å²) in [6.07, 6.45) is 3.94. The maximum Gasteiger partial charge on any atom is 0.238 e. The summed E-state index contributed by atoms with van der Waals surface area (Å²) in [4.78, 5) is 43.8. The molecule has 36 heavy (non-hydrogen) atoms. The van der Waals surface area contributed by atoms with Gasteiger partial charge in [0.2, 0.25) is 5.91 Å². The minimum Gasteiger partial charge on any atom is -0.352 e. The minimum absolute atomic E-state index is 0.188. The zero-order valence-electron chi connectivity index (χ0n) is 19.6. The number of ketones is 2. The molecule has 3 heterocycles. The third-order valence-electron chi connectivity index (χ3n) is 7.68. The van der Waals surface area contributed by atoms with Crippen LogP contribution in [-0.4, -0.2) is 29.6 Å². The quantitative estimate of drug-likeness (QED) is 0.442. The molecule has 3 aromatic rings. The molecule has 1 N–H and O–H groups in total. The van der Waals surface area contributed by atoms with Gasteiger partial charge in [0.1, 0.15) is 5.41 Å². The van der Waals surface area contributed by atoms with Crippen LogP contribution in [0.2, 0.25) is 10.0 Å². The second kappa shape index (κ2) is 8.05. The SMILES string of the molecule is CC(=O)[C@@H]1[C@H](C(=O)c2ccc(Cl)cc2Cl)[C@]2(C(=O)Nc3ccccc32)[C@H]2C=Cc3cc(C)ccc3N12. The van der Waals surface area contributed by atoms with Gasteiger partial charge in [-0.1, -0.05) is 65.2 Å². The molecule has 7 heteroatoms. The molecule has 0 aliphatic carbocycles. The number of benzene rings is 3. The van der Waals surface area contributed by atoms with Gasteiger partial charge in [-0.15, -0.1) is 0 Å². The summed E-state index contributed by atoms with van der Waals surface area (Å²) in [5.41, 5.74) is 3.11. The van der Waals surface area contributed by atoms with Crippen molar-refractivity contribution in [3.8, 4) is 0 Å². The maximum absolute atomic E-state index is 14.4. The molecule has 1 amide bonds. The number of nitrogens with zero attached hydrogens (tertiary/aromatic N) is 1. The third kappa shape index (κ3) is 2.99. The third-order valence-corrected chi connectivity index (χ3v) is 8.23. The molecule has 5 nitrogen and oxygen atoms in total. The summed E-state index contributed by atoms with van der Waals surface area (Å²) >= 11 is 12.6. The Bertz CT molecular complexity index is 1510.